The molecule has 0 saturated carbocycles. The molecule has 0 aliphatic carbocycles. The second-order valence-electron chi connectivity index (χ2n) is 6.64. The van der Waals surface area contributed by atoms with E-state index < -0.39 is 11.3 Å². The van der Waals surface area contributed by atoms with Gasteiger partial charge in [-0.3, -0.25) is 9.69 Å². The van der Waals surface area contributed by atoms with Crippen LogP contribution in [0.4, 0.5) is 8.78 Å². The van der Waals surface area contributed by atoms with Crippen LogP contribution in [0.1, 0.15) is 66.2 Å². The molecule has 0 aromatic rings. The Balaban J connectivity index is 0.00000127. The Kier molecular flexibility index (Phi) is 7.91. The molecule has 2 heterocycles. The van der Waals surface area contributed by atoms with Crippen LogP contribution in [0.25, 0.3) is 0 Å². The van der Waals surface area contributed by atoms with Crippen LogP contribution < -0.4 is 0 Å². The van der Waals surface area contributed by atoms with E-state index in [4.69, 9.17) is 0 Å². The highest BCUT2D eigenvalue weighted by molar-refractivity contribution is 5.76. The lowest BCUT2D eigenvalue weighted by Gasteiger charge is -2.51. The van der Waals surface area contributed by atoms with Crippen LogP contribution in [-0.4, -0.2) is 54.4 Å². The maximum atomic E-state index is 14.6. The Morgan fingerprint density at radius 2 is 1.57 bits per heavy atom. The van der Waals surface area contributed by atoms with Gasteiger partial charge in [-0.05, 0) is 45.2 Å². The molecule has 23 heavy (non-hydrogen) atoms. The fourth-order valence-electron chi connectivity index (χ4n) is 3.76. The van der Waals surface area contributed by atoms with Gasteiger partial charge in [-0.15, -0.1) is 0 Å². The van der Waals surface area contributed by atoms with Gasteiger partial charge in [0.05, 0.1) is 6.54 Å². The predicted molar refractivity (Wildman–Crippen MR) is 90.8 cm³/mol. The minimum Gasteiger partial charge on any atom is -0.343 e. The SMILES string of the molecule is CC.CCCC(=O)N1CCC2(CCN(CCC)CC2(F)F)CC1. The van der Waals surface area contributed by atoms with Crippen molar-refractivity contribution >= 4 is 5.91 Å². The summed E-state index contributed by atoms with van der Waals surface area (Å²) in [7, 11) is 0. The molecule has 2 fully saturated rings. The lowest BCUT2D eigenvalue weighted by atomic mass is 9.68. The van der Waals surface area contributed by atoms with E-state index in [1.807, 2.05) is 32.6 Å². The van der Waals surface area contributed by atoms with E-state index >= 15 is 0 Å². The van der Waals surface area contributed by atoms with Crippen molar-refractivity contribution in [2.45, 2.75) is 72.1 Å². The third kappa shape index (κ3) is 4.65. The summed E-state index contributed by atoms with van der Waals surface area (Å²) < 4.78 is 29.3. The average molecular weight is 332 g/mol. The molecule has 0 aromatic heterocycles. The van der Waals surface area contributed by atoms with E-state index in [2.05, 4.69) is 0 Å². The number of alkyl halides is 2. The molecule has 136 valence electrons. The van der Waals surface area contributed by atoms with Gasteiger partial charge >= 0.3 is 0 Å². The van der Waals surface area contributed by atoms with Crippen molar-refractivity contribution in [3.63, 3.8) is 0 Å². The van der Waals surface area contributed by atoms with Crippen LogP contribution in [0.3, 0.4) is 0 Å². The quantitative estimate of drug-likeness (QED) is 0.771. The summed E-state index contributed by atoms with van der Waals surface area (Å²) in [6, 6.07) is 0. The summed E-state index contributed by atoms with van der Waals surface area (Å²) in [5.74, 6) is -2.50. The third-order valence-electron chi connectivity index (χ3n) is 5.18. The molecule has 2 rings (SSSR count). The molecule has 3 nitrogen and oxygen atoms in total. The van der Waals surface area contributed by atoms with Crippen LogP contribution in [-0.2, 0) is 4.79 Å². The van der Waals surface area contributed by atoms with Gasteiger partial charge in [-0.2, -0.15) is 0 Å². The van der Waals surface area contributed by atoms with Crippen molar-refractivity contribution in [2.24, 2.45) is 5.41 Å². The topological polar surface area (TPSA) is 23.6 Å². The van der Waals surface area contributed by atoms with Crippen molar-refractivity contribution in [2.75, 3.05) is 32.7 Å². The van der Waals surface area contributed by atoms with Gasteiger partial charge in [-0.1, -0.05) is 27.7 Å². The number of nitrogens with zero attached hydrogens (tertiary/aromatic N) is 2. The molecule has 0 unspecified atom stereocenters. The highest BCUT2D eigenvalue weighted by atomic mass is 19.3. The molecule has 0 N–H and O–H groups in total. The van der Waals surface area contributed by atoms with Crippen molar-refractivity contribution in [1.82, 2.24) is 9.80 Å². The van der Waals surface area contributed by atoms with Gasteiger partial charge in [0.2, 0.25) is 5.91 Å². The molecule has 0 aromatic carbocycles. The highest BCUT2D eigenvalue weighted by Crippen LogP contribution is 2.50. The zero-order valence-electron chi connectivity index (χ0n) is 15.3. The van der Waals surface area contributed by atoms with Crippen LogP contribution in [0.2, 0.25) is 0 Å². The van der Waals surface area contributed by atoms with Crippen molar-refractivity contribution in [1.29, 1.82) is 0 Å². The summed E-state index contributed by atoms with van der Waals surface area (Å²) >= 11 is 0. The molecular weight excluding hydrogens is 298 g/mol. The first-order chi connectivity index (χ1) is 10.9. The number of amides is 1. The number of hydrogen-bond donors (Lipinski definition) is 0. The summed E-state index contributed by atoms with van der Waals surface area (Å²) in [6.45, 7) is 10.4. The minimum absolute atomic E-state index is 0.107. The summed E-state index contributed by atoms with van der Waals surface area (Å²) in [4.78, 5) is 15.6. The number of carbonyl (C=O) groups excluding carboxylic acids is 1. The third-order valence-corrected chi connectivity index (χ3v) is 5.18. The molecule has 0 radical (unpaired) electrons. The fraction of sp³-hybridized carbons (Fsp3) is 0.944. The molecule has 2 saturated heterocycles. The van der Waals surface area contributed by atoms with Crippen LogP contribution >= 0.6 is 0 Å². The van der Waals surface area contributed by atoms with Gasteiger partial charge in [0.15, 0.2) is 0 Å². The molecule has 5 heteroatoms. The second kappa shape index (κ2) is 8.95. The Hall–Kier alpha value is -0.710. The van der Waals surface area contributed by atoms with Gasteiger partial charge in [0.25, 0.3) is 5.92 Å². The van der Waals surface area contributed by atoms with Crippen LogP contribution in [0.5, 0.6) is 0 Å². The van der Waals surface area contributed by atoms with E-state index in [-0.39, 0.29) is 12.5 Å². The standard InChI is InChI=1S/C16H28F2N2O.C2H6/c1-3-5-14(21)20-11-7-15(8-12-20)6-10-19(9-4-2)13-16(15,17)18;1-2/h3-13H2,1-2H3;1-2H3. The second-order valence-corrected chi connectivity index (χ2v) is 6.64. The van der Waals surface area contributed by atoms with E-state index in [1.54, 1.807) is 4.90 Å². The number of likely N-dealkylation sites (tertiary alicyclic amines) is 2. The van der Waals surface area contributed by atoms with Crippen molar-refractivity contribution < 1.29 is 13.6 Å². The first kappa shape index (κ1) is 20.3. The Morgan fingerprint density at radius 1 is 1.00 bits per heavy atom. The summed E-state index contributed by atoms with van der Waals surface area (Å²) in [6.07, 6.45) is 3.75. The van der Waals surface area contributed by atoms with Crippen molar-refractivity contribution in [3.05, 3.63) is 0 Å². The smallest absolute Gasteiger partial charge is 0.266 e. The van der Waals surface area contributed by atoms with Gasteiger partial charge < -0.3 is 4.90 Å². The van der Waals surface area contributed by atoms with E-state index in [9.17, 15) is 13.6 Å². The number of rotatable bonds is 4. The monoisotopic (exact) mass is 332 g/mol. The van der Waals surface area contributed by atoms with Crippen LogP contribution in [0.15, 0.2) is 0 Å². The predicted octanol–water partition coefficient (Wildman–Crippen LogP) is 4.17. The maximum absolute atomic E-state index is 14.6. The lowest BCUT2D eigenvalue weighted by molar-refractivity contribution is -0.189. The van der Waals surface area contributed by atoms with Gasteiger partial charge in [-0.25, -0.2) is 8.78 Å². The molecule has 1 amide bonds. The summed E-state index contributed by atoms with van der Waals surface area (Å²) in [5.41, 5.74) is -0.875. The molecule has 0 atom stereocenters. The zero-order valence-corrected chi connectivity index (χ0v) is 15.3. The Morgan fingerprint density at radius 3 is 2.04 bits per heavy atom. The average Bonchev–Trinajstić information content (AvgIpc) is 2.54. The zero-order chi connectivity index (χ0) is 17.5. The van der Waals surface area contributed by atoms with E-state index in [1.165, 1.54) is 0 Å². The first-order valence-electron chi connectivity index (χ1n) is 9.32. The molecular formula is C18H34F2N2O. The normalized spacial score (nSPS) is 23.3. The number of hydrogen-bond acceptors (Lipinski definition) is 2. The van der Waals surface area contributed by atoms with Crippen molar-refractivity contribution in [3.8, 4) is 0 Å². The highest BCUT2D eigenvalue weighted by Gasteiger charge is 2.57. The van der Waals surface area contributed by atoms with Gasteiger partial charge in [0, 0.05) is 24.9 Å². The van der Waals surface area contributed by atoms with Gasteiger partial charge in [0.1, 0.15) is 0 Å². The maximum Gasteiger partial charge on any atom is 0.266 e. The Labute approximate surface area is 140 Å². The molecule has 0 bridgehead atoms. The summed E-state index contributed by atoms with van der Waals surface area (Å²) in [5, 5.41) is 0. The first-order valence-corrected chi connectivity index (χ1v) is 9.32. The largest absolute Gasteiger partial charge is 0.343 e. The Bertz CT molecular complexity index is 366. The molecule has 1 spiro atoms. The fourth-order valence-corrected chi connectivity index (χ4v) is 3.76. The van der Waals surface area contributed by atoms with Crippen LogP contribution in [0, 0.1) is 5.41 Å². The number of halogens is 2. The lowest BCUT2D eigenvalue weighted by Crippen LogP contribution is -2.59. The number of piperidine rings is 2. The van der Waals surface area contributed by atoms with E-state index in [0.717, 1.165) is 25.9 Å². The molecule has 2 aliphatic rings. The minimum atomic E-state index is -2.62. The molecule has 2 aliphatic heterocycles. The van der Waals surface area contributed by atoms with E-state index in [0.29, 0.717) is 38.8 Å². The number of carbonyl (C=O) groups is 1.